The minimum Gasteiger partial charge on any atom is -0.454 e. The van der Waals surface area contributed by atoms with E-state index in [1.54, 1.807) is 18.2 Å². The average Bonchev–Trinajstić information content (AvgIpc) is 2.88. The van der Waals surface area contributed by atoms with E-state index in [9.17, 15) is 10.1 Å². The van der Waals surface area contributed by atoms with Crippen LogP contribution in [0.4, 0.5) is 0 Å². The number of hydrogen-bond donors (Lipinski definition) is 2. The zero-order chi connectivity index (χ0) is 16.4. The van der Waals surface area contributed by atoms with Gasteiger partial charge in [-0.25, -0.2) is 0 Å². The average molecular weight is 320 g/mol. The van der Waals surface area contributed by atoms with Gasteiger partial charge in [0.2, 0.25) is 6.79 Å². The smallest absolute Gasteiger partial charge is 0.272 e. The van der Waals surface area contributed by atoms with Gasteiger partial charge in [-0.05, 0) is 30.5 Å². The van der Waals surface area contributed by atoms with Crippen molar-refractivity contribution >= 4 is 5.84 Å². The lowest BCUT2D eigenvalue weighted by atomic mass is 9.86. The predicted octanol–water partition coefficient (Wildman–Crippen LogP) is 1.36. The van der Waals surface area contributed by atoms with Gasteiger partial charge in [-0.3, -0.25) is 20.8 Å². The lowest BCUT2D eigenvalue weighted by Crippen LogP contribution is -2.41. The first kappa shape index (κ1) is 15.5. The number of fused-ring (bicyclic) bond motifs is 1. The number of aliphatic imine (C=N–C) groups is 1. The second-order valence-electron chi connectivity index (χ2n) is 5.85. The van der Waals surface area contributed by atoms with E-state index < -0.39 is 17.0 Å². The number of ether oxygens (including phenoxy) is 2. The molecule has 2 aliphatic rings. The molecule has 4 N–H and O–H groups in total. The summed E-state index contributed by atoms with van der Waals surface area (Å²) in [6.45, 7) is 0.152. The number of nitrogens with two attached hydrogens (primary N) is 2. The van der Waals surface area contributed by atoms with Crippen molar-refractivity contribution in [2.75, 3.05) is 6.79 Å². The van der Waals surface area contributed by atoms with Crippen molar-refractivity contribution < 1.29 is 14.4 Å². The molecule has 1 aromatic carbocycles. The molecule has 0 spiro atoms. The fourth-order valence-corrected chi connectivity index (χ4v) is 3.16. The molecule has 3 atom stereocenters. The molecule has 0 aromatic heterocycles. The third-order valence-corrected chi connectivity index (χ3v) is 4.32. The van der Waals surface area contributed by atoms with Crippen LogP contribution >= 0.6 is 0 Å². The van der Waals surface area contributed by atoms with Crippen LogP contribution < -0.4 is 20.9 Å². The molecule has 2 heterocycles. The van der Waals surface area contributed by atoms with Gasteiger partial charge in [-0.1, -0.05) is 12.5 Å². The van der Waals surface area contributed by atoms with Crippen molar-refractivity contribution in [3.05, 3.63) is 33.9 Å². The summed E-state index contributed by atoms with van der Waals surface area (Å²) in [6, 6.07) is 4.99. The largest absolute Gasteiger partial charge is 0.454 e. The molecule has 124 valence electrons. The van der Waals surface area contributed by atoms with Crippen LogP contribution in [-0.2, 0) is 0 Å². The fraction of sp³-hybridized carbons (Fsp3) is 0.533. The minimum atomic E-state index is -1.25. The molecule has 0 saturated heterocycles. The second kappa shape index (κ2) is 6.41. The van der Waals surface area contributed by atoms with E-state index in [2.05, 4.69) is 4.99 Å². The highest BCUT2D eigenvalue weighted by Gasteiger charge is 2.37. The first-order chi connectivity index (χ1) is 11.1. The van der Waals surface area contributed by atoms with E-state index in [4.69, 9.17) is 20.9 Å². The van der Waals surface area contributed by atoms with Gasteiger partial charge in [0.05, 0.1) is 17.8 Å². The number of amidine groups is 1. The quantitative estimate of drug-likeness (QED) is 0.490. The van der Waals surface area contributed by atoms with E-state index in [-0.39, 0.29) is 12.8 Å². The molecule has 2 aliphatic heterocycles. The van der Waals surface area contributed by atoms with E-state index >= 15 is 0 Å². The van der Waals surface area contributed by atoms with Gasteiger partial charge in [0.15, 0.2) is 11.5 Å². The van der Waals surface area contributed by atoms with Crippen LogP contribution in [0.5, 0.6) is 11.5 Å². The van der Waals surface area contributed by atoms with Gasteiger partial charge in [-0.2, -0.15) is 0 Å². The van der Waals surface area contributed by atoms with Crippen LogP contribution in [0.15, 0.2) is 23.2 Å². The predicted molar refractivity (Wildman–Crippen MR) is 84.2 cm³/mol. The Hall–Kier alpha value is -2.35. The first-order valence-electron chi connectivity index (χ1n) is 7.67. The maximum absolute atomic E-state index is 11.3. The molecule has 0 saturated carbocycles. The van der Waals surface area contributed by atoms with Crippen molar-refractivity contribution in [1.29, 1.82) is 0 Å². The molecule has 8 nitrogen and oxygen atoms in total. The summed E-state index contributed by atoms with van der Waals surface area (Å²) >= 11 is 0. The Morgan fingerprint density at radius 2 is 2.09 bits per heavy atom. The van der Waals surface area contributed by atoms with Crippen molar-refractivity contribution in [1.82, 2.24) is 0 Å². The van der Waals surface area contributed by atoms with Crippen LogP contribution in [0.2, 0.25) is 0 Å². The normalized spacial score (nSPS) is 22.8. The number of rotatable bonds is 4. The molecule has 0 fully saturated rings. The number of hydrogen-bond acceptors (Lipinski definition) is 7. The molecule has 8 heteroatoms. The van der Waals surface area contributed by atoms with Crippen molar-refractivity contribution in [3.63, 3.8) is 0 Å². The molecule has 0 amide bonds. The Labute approximate surface area is 133 Å². The Bertz CT molecular complexity index is 634. The van der Waals surface area contributed by atoms with Crippen LogP contribution in [0, 0.1) is 10.1 Å². The van der Waals surface area contributed by atoms with Gasteiger partial charge >= 0.3 is 0 Å². The van der Waals surface area contributed by atoms with Gasteiger partial charge in [0.1, 0.15) is 0 Å². The van der Waals surface area contributed by atoms with Crippen LogP contribution in [0.1, 0.15) is 37.2 Å². The SMILES string of the molecule is NC1=NC(C(c2ccc3c(c2)OCO3)C(N)[N+](=O)[O-])CCCC1. The molecule has 1 aromatic rings. The Balaban J connectivity index is 1.98. The maximum Gasteiger partial charge on any atom is 0.272 e. The third-order valence-electron chi connectivity index (χ3n) is 4.32. The van der Waals surface area contributed by atoms with E-state index in [1.807, 2.05) is 0 Å². The molecule has 0 bridgehead atoms. The van der Waals surface area contributed by atoms with Gasteiger partial charge in [-0.15, -0.1) is 0 Å². The Morgan fingerprint density at radius 3 is 2.87 bits per heavy atom. The number of benzene rings is 1. The van der Waals surface area contributed by atoms with E-state index in [1.165, 1.54) is 0 Å². The summed E-state index contributed by atoms with van der Waals surface area (Å²) in [5, 5.41) is 11.3. The van der Waals surface area contributed by atoms with Crippen LogP contribution in [0.25, 0.3) is 0 Å². The minimum absolute atomic E-state index is 0.152. The number of nitrogens with zero attached hydrogens (tertiary/aromatic N) is 2. The van der Waals surface area contributed by atoms with Crippen LogP contribution in [-0.4, -0.2) is 29.8 Å². The molecular weight excluding hydrogens is 300 g/mol. The maximum atomic E-state index is 11.3. The highest BCUT2D eigenvalue weighted by atomic mass is 16.7. The zero-order valence-electron chi connectivity index (χ0n) is 12.7. The molecular formula is C15H20N4O4. The Morgan fingerprint density at radius 1 is 1.30 bits per heavy atom. The molecule has 0 aliphatic carbocycles. The zero-order valence-corrected chi connectivity index (χ0v) is 12.7. The van der Waals surface area contributed by atoms with E-state index in [0.29, 0.717) is 17.3 Å². The first-order valence-corrected chi connectivity index (χ1v) is 7.67. The molecule has 3 unspecified atom stereocenters. The summed E-state index contributed by atoms with van der Waals surface area (Å²) in [7, 11) is 0. The summed E-state index contributed by atoms with van der Waals surface area (Å²) in [4.78, 5) is 15.3. The molecule has 3 rings (SSSR count). The highest BCUT2D eigenvalue weighted by Crippen LogP contribution is 2.38. The molecule has 23 heavy (non-hydrogen) atoms. The van der Waals surface area contributed by atoms with Crippen LogP contribution in [0.3, 0.4) is 0 Å². The van der Waals surface area contributed by atoms with Gasteiger partial charge < -0.3 is 15.2 Å². The highest BCUT2D eigenvalue weighted by molar-refractivity contribution is 5.80. The number of nitro groups is 1. The summed E-state index contributed by atoms with van der Waals surface area (Å²) < 4.78 is 10.7. The monoisotopic (exact) mass is 320 g/mol. The third kappa shape index (κ3) is 3.21. The molecule has 0 radical (unpaired) electrons. The summed E-state index contributed by atoms with van der Waals surface area (Å²) in [5.74, 6) is 1.18. The summed E-state index contributed by atoms with van der Waals surface area (Å²) in [5.41, 5.74) is 12.5. The lowest BCUT2D eigenvalue weighted by molar-refractivity contribution is -0.526. The van der Waals surface area contributed by atoms with Crippen molar-refractivity contribution in [2.24, 2.45) is 16.5 Å². The standard InChI is InChI=1S/C15H20N4O4/c16-13-4-2-1-3-10(18-13)14(15(17)19(20)21)9-5-6-11-12(7-9)23-8-22-11/h5-7,10,14-15H,1-4,8,17H2,(H2,16,18). The Kier molecular flexibility index (Phi) is 4.33. The topological polar surface area (TPSA) is 126 Å². The van der Waals surface area contributed by atoms with Crippen molar-refractivity contribution in [3.8, 4) is 11.5 Å². The van der Waals surface area contributed by atoms with Gasteiger partial charge in [0.25, 0.3) is 6.17 Å². The second-order valence-corrected chi connectivity index (χ2v) is 5.85. The van der Waals surface area contributed by atoms with E-state index in [0.717, 1.165) is 31.2 Å². The lowest BCUT2D eigenvalue weighted by Gasteiger charge is -2.24. The van der Waals surface area contributed by atoms with Crippen molar-refractivity contribution in [2.45, 2.75) is 43.8 Å². The van der Waals surface area contributed by atoms with Gasteiger partial charge in [0, 0.05) is 11.3 Å². The fourth-order valence-electron chi connectivity index (χ4n) is 3.16. The summed E-state index contributed by atoms with van der Waals surface area (Å²) in [6.07, 6.45) is 2.04.